The largest absolute Gasteiger partial charge is 0.496 e. The first-order valence-electron chi connectivity index (χ1n) is 13.2. The second kappa shape index (κ2) is 10.4. The van der Waals surface area contributed by atoms with E-state index >= 15 is 0 Å². The zero-order chi connectivity index (χ0) is 27.8. The van der Waals surface area contributed by atoms with Gasteiger partial charge in [-0.25, -0.2) is 4.79 Å². The van der Waals surface area contributed by atoms with Gasteiger partial charge in [0.15, 0.2) is 0 Å². The molecule has 1 amide bonds. The number of methoxy groups -OCH3 is 1. The van der Waals surface area contributed by atoms with E-state index in [1.807, 2.05) is 70.2 Å². The van der Waals surface area contributed by atoms with E-state index in [-0.39, 0.29) is 19.1 Å². The van der Waals surface area contributed by atoms with Gasteiger partial charge >= 0.3 is 13.2 Å². The van der Waals surface area contributed by atoms with Crippen molar-refractivity contribution >= 4 is 25.0 Å². The molecule has 202 valence electrons. The molecule has 8 heteroatoms. The number of nitrogen functional groups attached to an aromatic ring is 1. The summed E-state index contributed by atoms with van der Waals surface area (Å²) >= 11 is 0. The van der Waals surface area contributed by atoms with Gasteiger partial charge in [-0.2, -0.15) is 0 Å². The molecule has 1 heterocycles. The highest BCUT2D eigenvalue weighted by Crippen LogP contribution is 2.44. The van der Waals surface area contributed by atoms with Crippen LogP contribution in [0, 0.1) is 0 Å². The number of anilines is 1. The molecule has 0 radical (unpaired) electrons. The summed E-state index contributed by atoms with van der Waals surface area (Å²) in [5.41, 5.74) is 11.7. The average Bonchev–Trinajstić information content (AvgIpc) is 3.34. The number of amides is 1. The monoisotopic (exact) mass is 526 g/mol. The van der Waals surface area contributed by atoms with Crippen molar-refractivity contribution in [2.75, 3.05) is 26.0 Å². The first-order chi connectivity index (χ1) is 18.6. The molecule has 1 saturated heterocycles. The maximum Gasteiger partial charge on any atom is 0.492 e. The lowest BCUT2D eigenvalue weighted by Crippen LogP contribution is -2.41. The molecule has 39 heavy (non-hydrogen) atoms. The molecule has 3 N–H and O–H groups in total. The van der Waals surface area contributed by atoms with E-state index in [0.29, 0.717) is 16.9 Å². The summed E-state index contributed by atoms with van der Waals surface area (Å²) in [6.07, 6.45) is 1.37. The standard InChI is InChI=1S/C31H35BN2O5/c1-30(2)31(3,4)39-32(38-30)21(16-20-17-22(33)14-15-28(20)36-5)18-34-29(35)37-19-27-25-12-8-6-10-23(25)24-11-7-9-13-26(24)27/h6-17,27H,18-19,33H2,1-5H3,(H,34,35). The van der Waals surface area contributed by atoms with Gasteiger partial charge in [-0.3, -0.25) is 0 Å². The van der Waals surface area contributed by atoms with Crippen LogP contribution in [-0.2, 0) is 14.0 Å². The molecule has 2 aliphatic rings. The van der Waals surface area contributed by atoms with Crippen LogP contribution in [0.3, 0.4) is 0 Å². The fourth-order valence-electron chi connectivity index (χ4n) is 5.09. The molecule has 1 aliphatic heterocycles. The van der Waals surface area contributed by atoms with Gasteiger partial charge in [0.25, 0.3) is 0 Å². The Morgan fingerprint density at radius 3 is 2.15 bits per heavy atom. The number of ether oxygens (including phenoxy) is 2. The molecule has 0 saturated carbocycles. The van der Waals surface area contributed by atoms with Crippen molar-refractivity contribution in [3.05, 3.63) is 88.9 Å². The molecule has 3 aromatic carbocycles. The Hall–Kier alpha value is -3.75. The maximum atomic E-state index is 12.9. The number of hydrogen-bond acceptors (Lipinski definition) is 6. The van der Waals surface area contributed by atoms with E-state index in [2.05, 4.69) is 29.6 Å². The van der Waals surface area contributed by atoms with Crippen LogP contribution in [0.1, 0.15) is 50.3 Å². The number of nitrogens with two attached hydrogens (primary N) is 1. The lowest BCUT2D eigenvalue weighted by molar-refractivity contribution is 0.00578. The second-order valence-electron chi connectivity index (χ2n) is 11.0. The minimum Gasteiger partial charge on any atom is -0.496 e. The Bertz CT molecular complexity index is 1360. The number of carbonyl (C=O) groups is 1. The molecule has 0 spiro atoms. The highest BCUT2D eigenvalue weighted by Gasteiger charge is 2.52. The molecular formula is C31H35BN2O5. The molecular weight excluding hydrogens is 491 g/mol. The lowest BCUT2D eigenvalue weighted by atomic mass is 9.77. The Morgan fingerprint density at radius 2 is 1.56 bits per heavy atom. The summed E-state index contributed by atoms with van der Waals surface area (Å²) in [5, 5.41) is 2.90. The number of carbonyl (C=O) groups excluding carboxylic acids is 1. The third-order valence-corrected chi connectivity index (χ3v) is 7.93. The van der Waals surface area contributed by atoms with Crippen molar-refractivity contribution in [2.45, 2.75) is 44.8 Å². The molecule has 7 nitrogen and oxygen atoms in total. The summed E-state index contributed by atoms with van der Waals surface area (Å²) in [6, 6.07) is 21.9. The van der Waals surface area contributed by atoms with E-state index in [9.17, 15) is 4.79 Å². The van der Waals surface area contributed by atoms with Crippen molar-refractivity contribution in [1.29, 1.82) is 0 Å². The summed E-state index contributed by atoms with van der Waals surface area (Å²) in [5.74, 6) is 0.636. The zero-order valence-corrected chi connectivity index (χ0v) is 23.1. The Kier molecular flexibility index (Phi) is 7.18. The lowest BCUT2D eigenvalue weighted by Gasteiger charge is -2.32. The van der Waals surface area contributed by atoms with Gasteiger partial charge in [0.1, 0.15) is 12.4 Å². The van der Waals surface area contributed by atoms with E-state index in [0.717, 1.165) is 16.7 Å². The van der Waals surface area contributed by atoms with Gasteiger partial charge in [0, 0.05) is 23.7 Å². The predicted octanol–water partition coefficient (Wildman–Crippen LogP) is 5.83. The number of fused-ring (bicyclic) bond motifs is 3. The van der Waals surface area contributed by atoms with Crippen LogP contribution in [0.5, 0.6) is 5.75 Å². The van der Waals surface area contributed by atoms with Gasteiger partial charge in [-0.05, 0) is 73.6 Å². The van der Waals surface area contributed by atoms with Gasteiger partial charge < -0.3 is 29.8 Å². The van der Waals surface area contributed by atoms with Crippen LogP contribution in [0.25, 0.3) is 17.2 Å². The van der Waals surface area contributed by atoms with Crippen molar-refractivity contribution in [3.8, 4) is 16.9 Å². The fraction of sp³-hybridized carbons (Fsp3) is 0.323. The third kappa shape index (κ3) is 5.27. The maximum absolute atomic E-state index is 12.9. The smallest absolute Gasteiger partial charge is 0.492 e. The third-order valence-electron chi connectivity index (χ3n) is 7.93. The minimum atomic E-state index is -0.671. The first-order valence-corrected chi connectivity index (χ1v) is 13.2. The Labute approximate surface area is 230 Å². The summed E-state index contributed by atoms with van der Waals surface area (Å²) in [4.78, 5) is 12.9. The number of benzene rings is 3. The summed E-state index contributed by atoms with van der Waals surface area (Å²) < 4.78 is 23.9. The van der Waals surface area contributed by atoms with E-state index in [1.54, 1.807) is 13.2 Å². The van der Waals surface area contributed by atoms with Crippen molar-refractivity contribution in [3.63, 3.8) is 0 Å². The number of alkyl carbamates (subject to hydrolysis) is 1. The van der Waals surface area contributed by atoms with Crippen molar-refractivity contribution in [2.24, 2.45) is 0 Å². The van der Waals surface area contributed by atoms with E-state index < -0.39 is 24.4 Å². The summed E-state index contributed by atoms with van der Waals surface area (Å²) in [7, 11) is 0.932. The molecule has 0 unspecified atom stereocenters. The molecule has 1 fully saturated rings. The van der Waals surface area contributed by atoms with Crippen LogP contribution in [0.15, 0.2) is 72.2 Å². The van der Waals surface area contributed by atoms with Crippen LogP contribution >= 0.6 is 0 Å². The van der Waals surface area contributed by atoms with Crippen LogP contribution in [-0.4, -0.2) is 44.7 Å². The number of hydrogen-bond donors (Lipinski definition) is 2. The van der Waals surface area contributed by atoms with E-state index in [1.165, 1.54) is 11.1 Å². The number of rotatable bonds is 7. The van der Waals surface area contributed by atoms with Crippen LogP contribution < -0.4 is 15.8 Å². The number of nitrogens with one attached hydrogen (secondary N) is 1. The molecule has 1 aliphatic carbocycles. The fourth-order valence-corrected chi connectivity index (χ4v) is 5.09. The van der Waals surface area contributed by atoms with Gasteiger partial charge in [-0.1, -0.05) is 54.6 Å². The quantitative estimate of drug-likeness (QED) is 0.297. The molecule has 3 aromatic rings. The highest BCUT2D eigenvalue weighted by molar-refractivity contribution is 6.56. The minimum absolute atomic E-state index is 0.0159. The predicted molar refractivity (Wildman–Crippen MR) is 155 cm³/mol. The second-order valence-corrected chi connectivity index (χ2v) is 11.0. The molecule has 0 aromatic heterocycles. The summed E-state index contributed by atoms with van der Waals surface area (Å²) in [6.45, 7) is 8.36. The van der Waals surface area contributed by atoms with Gasteiger partial charge in [0.05, 0.1) is 18.3 Å². The normalized spacial score (nSPS) is 17.5. The van der Waals surface area contributed by atoms with Gasteiger partial charge in [0.2, 0.25) is 0 Å². The topological polar surface area (TPSA) is 92.0 Å². The SMILES string of the molecule is COc1ccc(N)cc1C=C(CNC(=O)OCC1c2ccccc2-c2ccccc21)B1OC(C)(C)C(C)(C)O1. The van der Waals surface area contributed by atoms with Crippen LogP contribution in [0.4, 0.5) is 10.5 Å². The van der Waals surface area contributed by atoms with Crippen molar-refractivity contribution in [1.82, 2.24) is 5.32 Å². The van der Waals surface area contributed by atoms with Crippen molar-refractivity contribution < 1.29 is 23.6 Å². The van der Waals surface area contributed by atoms with Crippen LogP contribution in [0.2, 0.25) is 0 Å². The molecule has 5 rings (SSSR count). The Morgan fingerprint density at radius 1 is 0.974 bits per heavy atom. The average molecular weight is 526 g/mol. The van der Waals surface area contributed by atoms with E-state index in [4.69, 9.17) is 24.5 Å². The molecule has 0 atom stereocenters. The molecule has 0 bridgehead atoms. The van der Waals surface area contributed by atoms with Gasteiger partial charge in [-0.15, -0.1) is 0 Å². The first kappa shape index (κ1) is 26.8. The zero-order valence-electron chi connectivity index (χ0n) is 23.1. The Balaban J connectivity index is 1.33. The highest BCUT2D eigenvalue weighted by atomic mass is 16.7.